The summed E-state index contributed by atoms with van der Waals surface area (Å²) in [6.45, 7) is 3.92. The van der Waals surface area contributed by atoms with Crippen molar-refractivity contribution in [2.45, 2.75) is 45.4 Å². The molecule has 1 unspecified atom stereocenters. The third kappa shape index (κ3) is 4.45. The maximum Gasteiger partial charge on any atom is 0.281 e. The highest BCUT2D eigenvalue weighted by Crippen LogP contribution is 2.25. The molecule has 1 aromatic rings. The molecule has 26 heavy (non-hydrogen) atoms. The van der Waals surface area contributed by atoms with Crippen molar-refractivity contribution in [3.8, 4) is 0 Å². The average Bonchev–Trinajstić information content (AvgIpc) is 2.94. The van der Waals surface area contributed by atoms with E-state index in [4.69, 9.17) is 0 Å². The zero-order chi connectivity index (χ0) is 18.6. The molecule has 0 radical (unpaired) electrons. The SMILES string of the molecule is Cc1ccccc1NC(=O)C1CCCN(S(=O)(=O)N2CCCCCC2)C1. The molecule has 1 amide bonds. The van der Waals surface area contributed by atoms with E-state index >= 15 is 0 Å². The van der Waals surface area contributed by atoms with Gasteiger partial charge in [-0.25, -0.2) is 0 Å². The standard InChI is InChI=1S/C19H29N3O3S/c1-16-9-4-5-11-18(16)20-19(23)17-10-8-14-22(15-17)26(24,25)21-12-6-2-3-7-13-21/h4-5,9,11,17H,2-3,6-8,10,12-15H2,1H3,(H,20,23). The Labute approximate surface area is 156 Å². The highest BCUT2D eigenvalue weighted by Gasteiger charge is 2.36. The lowest BCUT2D eigenvalue weighted by molar-refractivity contribution is -0.120. The maximum atomic E-state index is 13.0. The van der Waals surface area contributed by atoms with E-state index in [-0.39, 0.29) is 18.4 Å². The summed E-state index contributed by atoms with van der Waals surface area (Å²) in [5.74, 6) is -0.389. The Morgan fingerprint density at radius 3 is 2.35 bits per heavy atom. The van der Waals surface area contributed by atoms with Gasteiger partial charge in [-0.05, 0) is 44.2 Å². The molecule has 6 nitrogen and oxygen atoms in total. The lowest BCUT2D eigenvalue weighted by Crippen LogP contribution is -2.50. The van der Waals surface area contributed by atoms with Crippen LogP contribution in [0, 0.1) is 12.8 Å². The van der Waals surface area contributed by atoms with Gasteiger partial charge in [0.1, 0.15) is 0 Å². The van der Waals surface area contributed by atoms with E-state index in [2.05, 4.69) is 5.32 Å². The van der Waals surface area contributed by atoms with E-state index in [9.17, 15) is 13.2 Å². The molecule has 2 fully saturated rings. The molecule has 1 aromatic carbocycles. The predicted molar refractivity (Wildman–Crippen MR) is 103 cm³/mol. The van der Waals surface area contributed by atoms with Crippen molar-refractivity contribution in [1.82, 2.24) is 8.61 Å². The summed E-state index contributed by atoms with van der Waals surface area (Å²) in [5, 5.41) is 2.97. The van der Waals surface area contributed by atoms with Crippen molar-refractivity contribution in [2.24, 2.45) is 5.92 Å². The van der Waals surface area contributed by atoms with Gasteiger partial charge >= 0.3 is 0 Å². The number of para-hydroxylation sites is 1. The summed E-state index contributed by atoms with van der Waals surface area (Å²) < 4.78 is 29.1. The van der Waals surface area contributed by atoms with E-state index in [1.807, 2.05) is 31.2 Å². The maximum absolute atomic E-state index is 13.0. The number of aryl methyl sites for hydroxylation is 1. The van der Waals surface area contributed by atoms with Gasteiger partial charge in [-0.3, -0.25) is 4.79 Å². The van der Waals surface area contributed by atoms with Crippen LogP contribution < -0.4 is 5.32 Å². The molecule has 2 aliphatic heterocycles. The minimum absolute atomic E-state index is 0.0879. The Balaban J connectivity index is 1.66. The van der Waals surface area contributed by atoms with Crippen molar-refractivity contribution in [2.75, 3.05) is 31.5 Å². The Morgan fingerprint density at radius 2 is 1.65 bits per heavy atom. The number of nitrogens with one attached hydrogen (secondary N) is 1. The van der Waals surface area contributed by atoms with Crippen LogP contribution in [0.3, 0.4) is 0 Å². The number of hydrogen-bond acceptors (Lipinski definition) is 3. The summed E-state index contributed by atoms with van der Waals surface area (Å²) in [4.78, 5) is 12.7. The minimum atomic E-state index is -3.47. The number of benzene rings is 1. The molecule has 0 aromatic heterocycles. The summed E-state index contributed by atoms with van der Waals surface area (Å²) >= 11 is 0. The van der Waals surface area contributed by atoms with Crippen LogP contribution in [-0.2, 0) is 15.0 Å². The number of rotatable bonds is 4. The fraction of sp³-hybridized carbons (Fsp3) is 0.632. The quantitative estimate of drug-likeness (QED) is 0.874. The molecule has 144 valence electrons. The van der Waals surface area contributed by atoms with Gasteiger partial charge in [0.25, 0.3) is 10.2 Å². The van der Waals surface area contributed by atoms with Crippen LogP contribution in [0.4, 0.5) is 5.69 Å². The first-order valence-electron chi connectivity index (χ1n) is 9.60. The monoisotopic (exact) mass is 379 g/mol. The molecule has 2 heterocycles. The van der Waals surface area contributed by atoms with E-state index < -0.39 is 10.2 Å². The van der Waals surface area contributed by atoms with Crippen molar-refractivity contribution < 1.29 is 13.2 Å². The molecule has 3 rings (SSSR count). The molecule has 2 aliphatic rings. The normalized spacial score (nSPS) is 23.3. The van der Waals surface area contributed by atoms with Gasteiger partial charge in [0.05, 0.1) is 5.92 Å². The molecule has 0 bridgehead atoms. The summed E-state index contributed by atoms with van der Waals surface area (Å²) in [6, 6.07) is 7.65. The highest BCUT2D eigenvalue weighted by atomic mass is 32.2. The highest BCUT2D eigenvalue weighted by molar-refractivity contribution is 7.86. The van der Waals surface area contributed by atoms with E-state index in [1.54, 1.807) is 4.31 Å². The molecular formula is C19H29N3O3S. The van der Waals surface area contributed by atoms with Crippen LogP contribution in [0.1, 0.15) is 44.1 Å². The van der Waals surface area contributed by atoms with Gasteiger partial charge < -0.3 is 5.32 Å². The van der Waals surface area contributed by atoms with Gasteiger partial charge in [0.15, 0.2) is 0 Å². The van der Waals surface area contributed by atoms with Gasteiger partial charge in [-0.1, -0.05) is 31.0 Å². The number of piperidine rings is 1. The molecular weight excluding hydrogens is 350 g/mol. The Kier molecular flexibility index (Phi) is 6.32. The molecule has 7 heteroatoms. The number of carbonyl (C=O) groups is 1. The topological polar surface area (TPSA) is 69.7 Å². The van der Waals surface area contributed by atoms with Gasteiger partial charge in [-0.15, -0.1) is 0 Å². The Bertz CT molecular complexity index is 727. The van der Waals surface area contributed by atoms with Gasteiger partial charge in [-0.2, -0.15) is 17.0 Å². The second-order valence-electron chi connectivity index (χ2n) is 7.32. The Hall–Kier alpha value is -1.44. The van der Waals surface area contributed by atoms with Gasteiger partial charge in [0.2, 0.25) is 5.91 Å². The minimum Gasteiger partial charge on any atom is -0.326 e. The van der Waals surface area contributed by atoms with Crippen LogP contribution in [0.2, 0.25) is 0 Å². The summed E-state index contributed by atoms with van der Waals surface area (Å²) in [7, 11) is -3.47. The largest absolute Gasteiger partial charge is 0.326 e. The van der Waals surface area contributed by atoms with E-state index in [0.29, 0.717) is 19.6 Å². The second kappa shape index (κ2) is 8.50. The molecule has 0 spiro atoms. The average molecular weight is 380 g/mol. The van der Waals surface area contributed by atoms with Gasteiger partial charge in [0, 0.05) is 31.9 Å². The first kappa shape index (κ1) is 19.3. The first-order valence-corrected chi connectivity index (χ1v) is 11.0. The van der Waals surface area contributed by atoms with Crippen LogP contribution in [0.5, 0.6) is 0 Å². The van der Waals surface area contributed by atoms with Crippen molar-refractivity contribution in [1.29, 1.82) is 0 Å². The second-order valence-corrected chi connectivity index (χ2v) is 9.25. The zero-order valence-electron chi connectivity index (χ0n) is 15.5. The van der Waals surface area contributed by atoms with Crippen LogP contribution in [0.15, 0.2) is 24.3 Å². The van der Waals surface area contributed by atoms with Crippen LogP contribution in [-0.4, -0.2) is 49.1 Å². The zero-order valence-corrected chi connectivity index (χ0v) is 16.3. The molecule has 0 aliphatic carbocycles. The van der Waals surface area contributed by atoms with Crippen molar-refractivity contribution in [3.05, 3.63) is 29.8 Å². The molecule has 0 saturated carbocycles. The fourth-order valence-electron chi connectivity index (χ4n) is 3.75. The van der Waals surface area contributed by atoms with Crippen LogP contribution >= 0.6 is 0 Å². The lowest BCUT2D eigenvalue weighted by Gasteiger charge is -2.34. The number of hydrogen-bond donors (Lipinski definition) is 1. The molecule has 1 N–H and O–H groups in total. The van der Waals surface area contributed by atoms with E-state index in [0.717, 1.165) is 49.8 Å². The smallest absolute Gasteiger partial charge is 0.281 e. The third-order valence-electron chi connectivity index (χ3n) is 5.38. The summed E-state index contributed by atoms with van der Waals surface area (Å²) in [6.07, 6.45) is 5.47. The number of anilines is 1. The number of carbonyl (C=O) groups excluding carboxylic acids is 1. The first-order chi connectivity index (χ1) is 12.5. The summed E-state index contributed by atoms with van der Waals surface area (Å²) in [5.41, 5.74) is 1.80. The van der Waals surface area contributed by atoms with Crippen molar-refractivity contribution >= 4 is 21.8 Å². The fourth-order valence-corrected chi connectivity index (χ4v) is 5.52. The van der Waals surface area contributed by atoms with Crippen molar-refractivity contribution in [3.63, 3.8) is 0 Å². The number of nitrogens with zero attached hydrogens (tertiary/aromatic N) is 2. The molecule has 1 atom stereocenters. The lowest BCUT2D eigenvalue weighted by atomic mass is 9.98. The third-order valence-corrected chi connectivity index (χ3v) is 7.38. The predicted octanol–water partition coefficient (Wildman–Crippen LogP) is 2.77. The van der Waals surface area contributed by atoms with E-state index in [1.165, 1.54) is 4.31 Å². The molecule has 2 saturated heterocycles. The number of amides is 1. The Morgan fingerprint density at radius 1 is 1.00 bits per heavy atom. The van der Waals surface area contributed by atoms with Crippen LogP contribution in [0.25, 0.3) is 0 Å².